The van der Waals surface area contributed by atoms with Crippen LogP contribution in [0.15, 0.2) is 11.6 Å². The van der Waals surface area contributed by atoms with E-state index < -0.39 is 10.8 Å². The van der Waals surface area contributed by atoms with E-state index in [9.17, 15) is 4.21 Å². The molecule has 10 heavy (non-hydrogen) atoms. The van der Waals surface area contributed by atoms with Crippen LogP contribution in [0.25, 0.3) is 0 Å². The minimum Gasteiger partial charge on any atom is -0.330 e. The Morgan fingerprint density at radius 3 is 2.70 bits per heavy atom. The van der Waals surface area contributed by atoms with Crippen LogP contribution in [0.4, 0.5) is 0 Å². The van der Waals surface area contributed by atoms with E-state index in [4.69, 9.17) is 17.3 Å². The van der Waals surface area contributed by atoms with Crippen molar-refractivity contribution < 1.29 is 4.21 Å². The van der Waals surface area contributed by atoms with Crippen molar-refractivity contribution in [2.24, 2.45) is 5.73 Å². The molecule has 0 aromatic carbocycles. The Balaban J connectivity index is 3.35. The first kappa shape index (κ1) is 10.1. The van der Waals surface area contributed by atoms with Gasteiger partial charge in [-0.1, -0.05) is 18.2 Å². The number of rotatable bonds is 5. The lowest BCUT2D eigenvalue weighted by molar-refractivity contribution is 0.682. The van der Waals surface area contributed by atoms with Gasteiger partial charge in [-0.25, -0.2) is 0 Å². The lowest BCUT2D eigenvalue weighted by Crippen LogP contribution is -2.08. The molecule has 0 bridgehead atoms. The fourth-order valence-electron chi connectivity index (χ4n) is 0.491. The zero-order chi connectivity index (χ0) is 7.98. The average Bonchev–Trinajstić information content (AvgIpc) is 1.82. The number of hydrogen-bond donors (Lipinski definition) is 1. The molecule has 2 nitrogen and oxygen atoms in total. The summed E-state index contributed by atoms with van der Waals surface area (Å²) < 4.78 is 10.9. The largest absolute Gasteiger partial charge is 0.330 e. The second kappa shape index (κ2) is 5.89. The van der Waals surface area contributed by atoms with Gasteiger partial charge in [-0.15, -0.1) is 0 Å². The zero-order valence-corrected chi connectivity index (χ0v) is 7.38. The van der Waals surface area contributed by atoms with Crippen molar-refractivity contribution in [2.75, 3.05) is 18.1 Å². The van der Waals surface area contributed by atoms with Crippen LogP contribution in [0.1, 0.15) is 6.42 Å². The number of hydrogen-bond acceptors (Lipinski definition) is 2. The van der Waals surface area contributed by atoms with Gasteiger partial charge in [-0.05, 0) is 13.0 Å². The maximum atomic E-state index is 10.9. The number of nitrogens with two attached hydrogens (primary N) is 1. The van der Waals surface area contributed by atoms with Crippen molar-refractivity contribution in [2.45, 2.75) is 6.42 Å². The van der Waals surface area contributed by atoms with Gasteiger partial charge >= 0.3 is 0 Å². The molecule has 0 fully saturated rings. The highest BCUT2D eigenvalue weighted by molar-refractivity contribution is 7.85. The molecular formula is C6H12ClNOS. The summed E-state index contributed by atoms with van der Waals surface area (Å²) in [6, 6.07) is 0. The van der Waals surface area contributed by atoms with Crippen molar-refractivity contribution in [3.8, 4) is 0 Å². The van der Waals surface area contributed by atoms with Crippen LogP contribution in [0, 0.1) is 0 Å². The normalized spacial score (nSPS) is 13.0. The molecule has 4 heteroatoms. The van der Waals surface area contributed by atoms with Crippen LogP contribution in [0.3, 0.4) is 0 Å². The molecule has 0 aliphatic carbocycles. The van der Waals surface area contributed by atoms with Crippen LogP contribution in [-0.2, 0) is 10.8 Å². The van der Waals surface area contributed by atoms with Gasteiger partial charge in [0.2, 0.25) is 0 Å². The van der Waals surface area contributed by atoms with Crippen molar-refractivity contribution in [3.05, 3.63) is 11.6 Å². The van der Waals surface area contributed by atoms with Crippen molar-refractivity contribution >= 4 is 22.4 Å². The summed E-state index contributed by atoms with van der Waals surface area (Å²) in [6.45, 7) is 4.03. The molecule has 0 spiro atoms. The SMILES string of the molecule is C=C(Cl)CS(=O)CCCN. The van der Waals surface area contributed by atoms with E-state index in [0.29, 0.717) is 23.1 Å². The van der Waals surface area contributed by atoms with E-state index >= 15 is 0 Å². The summed E-state index contributed by atoms with van der Waals surface area (Å²) in [7, 11) is -0.861. The average molecular weight is 182 g/mol. The van der Waals surface area contributed by atoms with Gasteiger partial charge < -0.3 is 5.73 Å². The molecule has 2 N–H and O–H groups in total. The highest BCUT2D eigenvalue weighted by atomic mass is 35.5. The Morgan fingerprint density at radius 2 is 2.30 bits per heavy atom. The smallest absolute Gasteiger partial charge is 0.0587 e. The Morgan fingerprint density at radius 1 is 1.70 bits per heavy atom. The minimum absolute atomic E-state index is 0.390. The summed E-state index contributed by atoms with van der Waals surface area (Å²) in [5, 5.41) is 0.454. The standard InChI is InChI=1S/C6H12ClNOS/c1-6(7)5-10(9)4-2-3-8/h1-5,8H2. The summed E-state index contributed by atoms with van der Waals surface area (Å²) in [5.41, 5.74) is 5.22. The molecule has 1 unspecified atom stereocenters. The third-order valence-corrected chi connectivity index (χ3v) is 2.60. The molecule has 60 valence electrons. The molecule has 0 aromatic rings. The second-order valence-electron chi connectivity index (χ2n) is 1.95. The quantitative estimate of drug-likeness (QED) is 0.683. The molecule has 0 aliphatic heterocycles. The van der Waals surface area contributed by atoms with Gasteiger partial charge in [0.05, 0.1) is 5.75 Å². The molecule has 0 rings (SSSR count). The van der Waals surface area contributed by atoms with E-state index in [1.165, 1.54) is 0 Å². The first-order valence-corrected chi connectivity index (χ1v) is 4.91. The van der Waals surface area contributed by atoms with E-state index in [1.807, 2.05) is 0 Å². The highest BCUT2D eigenvalue weighted by Gasteiger charge is 1.98. The van der Waals surface area contributed by atoms with E-state index in [0.717, 1.165) is 6.42 Å². The molecular weight excluding hydrogens is 170 g/mol. The van der Waals surface area contributed by atoms with Crippen LogP contribution in [-0.4, -0.2) is 22.3 Å². The van der Waals surface area contributed by atoms with Gasteiger partial charge in [0.25, 0.3) is 0 Å². The maximum absolute atomic E-state index is 10.9. The summed E-state index contributed by atoms with van der Waals surface area (Å²) in [4.78, 5) is 0. The first-order chi connectivity index (χ1) is 4.66. The van der Waals surface area contributed by atoms with Crippen molar-refractivity contribution in [3.63, 3.8) is 0 Å². The van der Waals surface area contributed by atoms with Gasteiger partial charge in [0, 0.05) is 21.6 Å². The van der Waals surface area contributed by atoms with Crippen molar-refractivity contribution in [1.82, 2.24) is 0 Å². The monoisotopic (exact) mass is 181 g/mol. The highest BCUT2D eigenvalue weighted by Crippen LogP contribution is 1.99. The number of halogens is 1. The third kappa shape index (κ3) is 6.26. The minimum atomic E-state index is -0.861. The van der Waals surface area contributed by atoms with E-state index in [1.54, 1.807) is 0 Å². The van der Waals surface area contributed by atoms with Crippen LogP contribution < -0.4 is 5.73 Å². The Hall–Kier alpha value is 0.140. The summed E-state index contributed by atoms with van der Waals surface area (Å²) in [5.74, 6) is 1.02. The molecule has 0 saturated carbocycles. The molecule has 0 radical (unpaired) electrons. The van der Waals surface area contributed by atoms with Gasteiger partial charge in [-0.3, -0.25) is 4.21 Å². The van der Waals surface area contributed by atoms with Crippen LogP contribution in [0.2, 0.25) is 0 Å². The molecule has 0 aliphatic rings. The lowest BCUT2D eigenvalue weighted by atomic mass is 10.5. The molecule has 0 aromatic heterocycles. The van der Waals surface area contributed by atoms with Gasteiger partial charge in [-0.2, -0.15) is 0 Å². The topological polar surface area (TPSA) is 43.1 Å². The molecule has 0 amide bonds. The lowest BCUT2D eigenvalue weighted by Gasteiger charge is -1.97. The summed E-state index contributed by atoms with van der Waals surface area (Å²) in [6.07, 6.45) is 0.788. The molecule has 0 saturated heterocycles. The van der Waals surface area contributed by atoms with E-state index in [-0.39, 0.29) is 0 Å². The van der Waals surface area contributed by atoms with Crippen LogP contribution >= 0.6 is 11.6 Å². The zero-order valence-electron chi connectivity index (χ0n) is 5.81. The fraction of sp³-hybridized carbons (Fsp3) is 0.667. The predicted octanol–water partition coefficient (Wildman–Crippen LogP) is 0.836. The Labute approximate surface area is 68.9 Å². The van der Waals surface area contributed by atoms with Crippen LogP contribution in [0.5, 0.6) is 0 Å². The maximum Gasteiger partial charge on any atom is 0.0587 e. The van der Waals surface area contributed by atoms with Crippen molar-refractivity contribution in [1.29, 1.82) is 0 Å². The Kier molecular flexibility index (Phi) is 5.97. The Bertz CT molecular complexity index is 138. The first-order valence-electron chi connectivity index (χ1n) is 3.05. The fourth-order valence-corrected chi connectivity index (χ4v) is 1.84. The second-order valence-corrected chi connectivity index (χ2v) is 4.06. The van der Waals surface area contributed by atoms with E-state index in [2.05, 4.69) is 6.58 Å². The van der Waals surface area contributed by atoms with Gasteiger partial charge in [0.15, 0.2) is 0 Å². The predicted molar refractivity (Wildman–Crippen MR) is 46.5 cm³/mol. The molecule has 1 atom stereocenters. The third-order valence-electron chi connectivity index (χ3n) is 0.894. The van der Waals surface area contributed by atoms with Gasteiger partial charge in [0.1, 0.15) is 0 Å². The molecule has 0 heterocycles. The summed E-state index contributed by atoms with van der Waals surface area (Å²) >= 11 is 5.43.